The van der Waals surface area contributed by atoms with Gasteiger partial charge < -0.3 is 20.5 Å². The third kappa shape index (κ3) is 3.28. The Morgan fingerprint density at radius 3 is 2.43 bits per heavy atom. The SMILES string of the molecule is COc1cccc(C(CN)Nc2ccccc2C)c1OC. The standard InChI is InChI=1S/C17H22N2O2/c1-12-7-4-5-9-14(12)19-15(11-18)13-8-6-10-16(20-2)17(13)21-3/h4-10,15,19H,11,18H2,1-3H3. The fourth-order valence-corrected chi connectivity index (χ4v) is 2.37. The number of anilines is 1. The molecule has 0 heterocycles. The van der Waals surface area contributed by atoms with Crippen LogP contribution in [0.3, 0.4) is 0 Å². The van der Waals surface area contributed by atoms with Crippen molar-refractivity contribution in [2.24, 2.45) is 5.73 Å². The summed E-state index contributed by atoms with van der Waals surface area (Å²) < 4.78 is 10.8. The first kappa shape index (κ1) is 15.2. The Morgan fingerprint density at radius 2 is 1.81 bits per heavy atom. The van der Waals surface area contributed by atoms with E-state index >= 15 is 0 Å². The predicted octanol–water partition coefficient (Wildman–Crippen LogP) is 3.12. The third-order valence-corrected chi connectivity index (χ3v) is 3.52. The molecule has 0 saturated heterocycles. The molecule has 2 aromatic carbocycles. The van der Waals surface area contributed by atoms with Crippen molar-refractivity contribution in [2.75, 3.05) is 26.1 Å². The molecule has 21 heavy (non-hydrogen) atoms. The van der Waals surface area contributed by atoms with Gasteiger partial charge in [-0.05, 0) is 24.6 Å². The van der Waals surface area contributed by atoms with Crippen LogP contribution in [0.15, 0.2) is 42.5 Å². The monoisotopic (exact) mass is 286 g/mol. The summed E-state index contributed by atoms with van der Waals surface area (Å²) in [4.78, 5) is 0. The molecule has 1 atom stereocenters. The van der Waals surface area contributed by atoms with Crippen LogP contribution in [0.5, 0.6) is 11.5 Å². The van der Waals surface area contributed by atoms with Gasteiger partial charge >= 0.3 is 0 Å². The second kappa shape index (κ2) is 6.99. The lowest BCUT2D eigenvalue weighted by Gasteiger charge is -2.23. The molecule has 112 valence electrons. The zero-order valence-electron chi connectivity index (χ0n) is 12.7. The van der Waals surface area contributed by atoms with Crippen LogP contribution in [0, 0.1) is 6.92 Å². The van der Waals surface area contributed by atoms with Gasteiger partial charge in [0.1, 0.15) is 0 Å². The normalized spacial score (nSPS) is 11.8. The van der Waals surface area contributed by atoms with Gasteiger partial charge in [-0.3, -0.25) is 0 Å². The summed E-state index contributed by atoms with van der Waals surface area (Å²) >= 11 is 0. The topological polar surface area (TPSA) is 56.5 Å². The van der Waals surface area contributed by atoms with E-state index in [0.717, 1.165) is 17.0 Å². The zero-order chi connectivity index (χ0) is 15.2. The van der Waals surface area contributed by atoms with Crippen molar-refractivity contribution in [2.45, 2.75) is 13.0 Å². The molecule has 0 aromatic heterocycles. The minimum absolute atomic E-state index is 0.0452. The van der Waals surface area contributed by atoms with Gasteiger partial charge in [-0.2, -0.15) is 0 Å². The van der Waals surface area contributed by atoms with E-state index < -0.39 is 0 Å². The number of ether oxygens (including phenoxy) is 2. The van der Waals surface area contributed by atoms with E-state index in [4.69, 9.17) is 15.2 Å². The van der Waals surface area contributed by atoms with Crippen molar-refractivity contribution in [1.82, 2.24) is 0 Å². The average molecular weight is 286 g/mol. The van der Waals surface area contributed by atoms with Gasteiger partial charge in [-0.1, -0.05) is 30.3 Å². The summed E-state index contributed by atoms with van der Waals surface area (Å²) in [6, 6.07) is 13.9. The number of hydrogen-bond donors (Lipinski definition) is 2. The molecule has 0 bridgehead atoms. The summed E-state index contributed by atoms with van der Waals surface area (Å²) in [7, 11) is 3.27. The number of benzene rings is 2. The lowest BCUT2D eigenvalue weighted by Crippen LogP contribution is -2.21. The zero-order valence-corrected chi connectivity index (χ0v) is 12.7. The number of hydrogen-bond acceptors (Lipinski definition) is 4. The Hall–Kier alpha value is -2.20. The summed E-state index contributed by atoms with van der Waals surface area (Å²) in [5, 5.41) is 3.48. The van der Waals surface area contributed by atoms with Crippen LogP contribution in [0.4, 0.5) is 5.69 Å². The van der Waals surface area contributed by atoms with Gasteiger partial charge in [0.25, 0.3) is 0 Å². The number of aryl methyl sites for hydroxylation is 1. The van der Waals surface area contributed by atoms with Crippen LogP contribution in [-0.4, -0.2) is 20.8 Å². The Bertz CT molecular complexity index is 599. The third-order valence-electron chi connectivity index (χ3n) is 3.52. The first-order valence-electron chi connectivity index (χ1n) is 6.94. The molecule has 0 aliphatic heterocycles. The van der Waals surface area contributed by atoms with Gasteiger partial charge in [0.15, 0.2) is 11.5 Å². The maximum absolute atomic E-state index is 5.96. The van der Waals surface area contributed by atoms with Crippen molar-refractivity contribution in [3.05, 3.63) is 53.6 Å². The van der Waals surface area contributed by atoms with Crippen LogP contribution in [-0.2, 0) is 0 Å². The predicted molar refractivity (Wildman–Crippen MR) is 86.1 cm³/mol. The molecule has 2 aromatic rings. The second-order valence-electron chi connectivity index (χ2n) is 4.83. The summed E-state index contributed by atoms with van der Waals surface area (Å²) in [5.41, 5.74) is 9.19. The fraction of sp³-hybridized carbons (Fsp3) is 0.294. The first-order chi connectivity index (χ1) is 10.2. The minimum atomic E-state index is -0.0452. The van der Waals surface area contributed by atoms with Crippen LogP contribution < -0.4 is 20.5 Å². The smallest absolute Gasteiger partial charge is 0.166 e. The molecule has 0 spiro atoms. The van der Waals surface area contributed by atoms with Crippen LogP contribution >= 0.6 is 0 Å². The molecule has 0 saturated carbocycles. The van der Waals surface area contributed by atoms with Gasteiger partial charge in [-0.15, -0.1) is 0 Å². The van der Waals surface area contributed by atoms with Crippen LogP contribution in [0.1, 0.15) is 17.2 Å². The maximum atomic E-state index is 5.96. The molecule has 0 aliphatic rings. The van der Waals surface area contributed by atoms with E-state index in [0.29, 0.717) is 12.3 Å². The molecular formula is C17H22N2O2. The largest absolute Gasteiger partial charge is 0.493 e. The van der Waals surface area contributed by atoms with Gasteiger partial charge in [0.05, 0.1) is 20.3 Å². The van der Waals surface area contributed by atoms with E-state index in [2.05, 4.69) is 18.3 Å². The quantitative estimate of drug-likeness (QED) is 0.856. The molecule has 4 nitrogen and oxygen atoms in total. The Labute approximate surface area is 125 Å². The van der Waals surface area contributed by atoms with E-state index in [1.807, 2.05) is 36.4 Å². The van der Waals surface area contributed by atoms with E-state index in [-0.39, 0.29) is 6.04 Å². The molecule has 1 unspecified atom stereocenters. The minimum Gasteiger partial charge on any atom is -0.493 e. The molecule has 0 amide bonds. The maximum Gasteiger partial charge on any atom is 0.166 e. The molecule has 0 radical (unpaired) electrons. The number of rotatable bonds is 6. The van der Waals surface area contributed by atoms with Crippen molar-refractivity contribution in [3.63, 3.8) is 0 Å². The lowest BCUT2D eigenvalue weighted by atomic mass is 10.0. The van der Waals surface area contributed by atoms with Crippen LogP contribution in [0.2, 0.25) is 0 Å². The summed E-state index contributed by atoms with van der Waals surface area (Å²) in [5.74, 6) is 1.43. The molecule has 0 aliphatic carbocycles. The van der Waals surface area contributed by atoms with Gasteiger partial charge in [0, 0.05) is 17.8 Å². The van der Waals surface area contributed by atoms with E-state index in [1.54, 1.807) is 14.2 Å². The number of nitrogens with one attached hydrogen (secondary N) is 1. The van der Waals surface area contributed by atoms with Crippen molar-refractivity contribution < 1.29 is 9.47 Å². The number of para-hydroxylation sites is 2. The van der Waals surface area contributed by atoms with Crippen LogP contribution in [0.25, 0.3) is 0 Å². The summed E-state index contributed by atoms with van der Waals surface area (Å²) in [6.45, 7) is 2.52. The van der Waals surface area contributed by atoms with Crippen molar-refractivity contribution >= 4 is 5.69 Å². The van der Waals surface area contributed by atoms with Crippen molar-refractivity contribution in [3.8, 4) is 11.5 Å². The van der Waals surface area contributed by atoms with Gasteiger partial charge in [-0.25, -0.2) is 0 Å². The van der Waals surface area contributed by atoms with Crippen molar-refractivity contribution in [1.29, 1.82) is 0 Å². The number of nitrogens with two attached hydrogens (primary N) is 1. The highest BCUT2D eigenvalue weighted by Gasteiger charge is 2.18. The Kier molecular flexibility index (Phi) is 5.06. The fourth-order valence-electron chi connectivity index (χ4n) is 2.37. The highest BCUT2D eigenvalue weighted by Crippen LogP contribution is 2.35. The van der Waals surface area contributed by atoms with Gasteiger partial charge in [0.2, 0.25) is 0 Å². The highest BCUT2D eigenvalue weighted by atomic mass is 16.5. The highest BCUT2D eigenvalue weighted by molar-refractivity contribution is 5.55. The van der Waals surface area contributed by atoms with E-state index in [9.17, 15) is 0 Å². The molecule has 4 heteroatoms. The average Bonchev–Trinajstić information content (AvgIpc) is 2.53. The molecular weight excluding hydrogens is 264 g/mol. The lowest BCUT2D eigenvalue weighted by molar-refractivity contribution is 0.350. The Balaban J connectivity index is 2.36. The van der Waals surface area contributed by atoms with E-state index in [1.165, 1.54) is 5.56 Å². The first-order valence-corrected chi connectivity index (χ1v) is 6.94. The molecule has 3 N–H and O–H groups in total. The summed E-state index contributed by atoms with van der Waals surface area (Å²) in [6.07, 6.45) is 0. The molecule has 0 fully saturated rings. The Morgan fingerprint density at radius 1 is 1.05 bits per heavy atom. The second-order valence-corrected chi connectivity index (χ2v) is 4.83. The number of methoxy groups -OCH3 is 2. The molecule has 2 rings (SSSR count).